The average molecular weight is 442 g/mol. The van der Waals surface area contributed by atoms with Crippen molar-refractivity contribution in [2.75, 3.05) is 11.5 Å². The van der Waals surface area contributed by atoms with Crippen molar-refractivity contribution < 1.29 is 14.3 Å². The highest BCUT2D eigenvalue weighted by atomic mass is 35.5. The molecule has 1 heterocycles. The number of anilines is 1. The molecule has 2 aliphatic rings. The lowest BCUT2D eigenvalue weighted by atomic mass is 9.77. The molecule has 0 N–H and O–H groups in total. The fraction of sp³-hybridized carbons (Fsp3) is 0.250. The summed E-state index contributed by atoms with van der Waals surface area (Å²) in [6.45, 7) is 4.07. The first-order valence-corrected chi connectivity index (χ1v) is 10.6. The number of allylic oxidation sites excluding steroid dienone is 2. The molecule has 2 aromatic carbocycles. The molecule has 0 fully saturated rings. The fourth-order valence-electron chi connectivity index (χ4n) is 4.17. The number of nitrogens with zero attached hydrogens (tertiary/aromatic N) is 1. The Balaban J connectivity index is 1.76. The first-order valence-electron chi connectivity index (χ1n) is 9.87. The molecule has 1 aliphatic carbocycles. The van der Waals surface area contributed by atoms with Gasteiger partial charge >= 0.3 is 0 Å². The lowest BCUT2D eigenvalue weighted by Gasteiger charge is -2.38. The molecule has 1 unspecified atom stereocenters. The summed E-state index contributed by atoms with van der Waals surface area (Å²) >= 11 is 12.4. The van der Waals surface area contributed by atoms with Crippen molar-refractivity contribution in [3.05, 3.63) is 82.0 Å². The van der Waals surface area contributed by atoms with Crippen molar-refractivity contribution in [2.24, 2.45) is 0 Å². The Morgan fingerprint density at radius 3 is 2.57 bits per heavy atom. The number of ether oxygens (including phenoxy) is 1. The van der Waals surface area contributed by atoms with Crippen LogP contribution in [0.1, 0.15) is 37.2 Å². The van der Waals surface area contributed by atoms with Gasteiger partial charge in [-0.1, -0.05) is 48.0 Å². The van der Waals surface area contributed by atoms with Crippen molar-refractivity contribution >= 4 is 40.6 Å². The maximum absolute atomic E-state index is 13.2. The predicted molar refractivity (Wildman–Crippen MR) is 119 cm³/mol. The second-order valence-electron chi connectivity index (χ2n) is 7.39. The van der Waals surface area contributed by atoms with Crippen LogP contribution in [-0.2, 0) is 9.59 Å². The van der Waals surface area contributed by atoms with E-state index in [0.717, 1.165) is 17.0 Å². The minimum absolute atomic E-state index is 0.0790. The first kappa shape index (κ1) is 20.7. The third-order valence-electron chi connectivity index (χ3n) is 5.48. The molecule has 0 radical (unpaired) electrons. The van der Waals surface area contributed by atoms with Gasteiger partial charge in [-0.3, -0.25) is 14.5 Å². The van der Waals surface area contributed by atoms with Crippen LogP contribution in [0.3, 0.4) is 0 Å². The number of hydrogen-bond donors (Lipinski definition) is 0. The molecule has 30 heavy (non-hydrogen) atoms. The summed E-state index contributed by atoms with van der Waals surface area (Å²) in [5.41, 5.74) is 2.97. The van der Waals surface area contributed by atoms with Gasteiger partial charge in [0.2, 0.25) is 5.91 Å². The summed E-state index contributed by atoms with van der Waals surface area (Å²) in [5, 5.41) is 0.890. The SMILES string of the molecule is C=CCOc1ccc(C2CC(=O)N(c3ccc(Cl)cc3Cl)C3=C2C(=O)CCC3)cc1. The highest BCUT2D eigenvalue weighted by Crippen LogP contribution is 2.45. The normalized spacial score (nSPS) is 19.0. The molecule has 0 saturated carbocycles. The van der Waals surface area contributed by atoms with Crippen LogP contribution in [0.2, 0.25) is 10.0 Å². The molecule has 0 saturated heterocycles. The maximum atomic E-state index is 13.2. The van der Waals surface area contributed by atoms with Crippen molar-refractivity contribution in [3.8, 4) is 5.75 Å². The van der Waals surface area contributed by atoms with Crippen molar-refractivity contribution in [1.29, 1.82) is 0 Å². The summed E-state index contributed by atoms with van der Waals surface area (Å²) in [5.74, 6) is 0.469. The Morgan fingerprint density at radius 1 is 1.10 bits per heavy atom. The molecule has 4 rings (SSSR count). The van der Waals surface area contributed by atoms with Crippen molar-refractivity contribution in [1.82, 2.24) is 0 Å². The van der Waals surface area contributed by atoms with E-state index in [2.05, 4.69) is 6.58 Å². The van der Waals surface area contributed by atoms with Gasteiger partial charge in [0.1, 0.15) is 12.4 Å². The highest BCUT2D eigenvalue weighted by Gasteiger charge is 2.40. The number of halogens is 2. The van der Waals surface area contributed by atoms with Crippen LogP contribution in [0.4, 0.5) is 5.69 Å². The molecule has 1 aliphatic heterocycles. The van der Waals surface area contributed by atoms with Crippen molar-refractivity contribution in [3.63, 3.8) is 0 Å². The monoisotopic (exact) mass is 441 g/mol. The number of carbonyl (C=O) groups is 2. The van der Waals surface area contributed by atoms with Crippen LogP contribution in [0.25, 0.3) is 0 Å². The van der Waals surface area contributed by atoms with Gasteiger partial charge < -0.3 is 4.74 Å². The molecule has 0 spiro atoms. The summed E-state index contributed by atoms with van der Waals surface area (Å²) in [6, 6.07) is 12.6. The van der Waals surface area contributed by atoms with Crippen LogP contribution in [0.15, 0.2) is 66.4 Å². The third-order valence-corrected chi connectivity index (χ3v) is 6.01. The van der Waals surface area contributed by atoms with E-state index < -0.39 is 0 Å². The topological polar surface area (TPSA) is 46.6 Å². The van der Waals surface area contributed by atoms with Crippen LogP contribution < -0.4 is 9.64 Å². The molecule has 4 nitrogen and oxygen atoms in total. The summed E-state index contributed by atoms with van der Waals surface area (Å²) < 4.78 is 5.55. The maximum Gasteiger partial charge on any atom is 0.232 e. The Labute approximate surface area is 185 Å². The van der Waals surface area contributed by atoms with E-state index in [1.165, 1.54) is 0 Å². The zero-order valence-corrected chi connectivity index (χ0v) is 17.9. The van der Waals surface area contributed by atoms with E-state index in [4.69, 9.17) is 27.9 Å². The van der Waals surface area contributed by atoms with Gasteiger partial charge in [0.05, 0.1) is 10.7 Å². The van der Waals surface area contributed by atoms with Gasteiger partial charge in [0.25, 0.3) is 0 Å². The van der Waals surface area contributed by atoms with Crippen molar-refractivity contribution in [2.45, 2.75) is 31.6 Å². The molecular weight excluding hydrogens is 421 g/mol. The predicted octanol–water partition coefficient (Wildman–Crippen LogP) is 6.09. The zero-order chi connectivity index (χ0) is 21.3. The van der Waals surface area contributed by atoms with E-state index in [1.807, 2.05) is 24.3 Å². The Morgan fingerprint density at radius 2 is 1.87 bits per heavy atom. The van der Waals surface area contributed by atoms with E-state index in [0.29, 0.717) is 47.2 Å². The number of rotatable bonds is 5. The van der Waals surface area contributed by atoms with Crippen LogP contribution in [0, 0.1) is 0 Å². The van der Waals surface area contributed by atoms with Gasteiger partial charge in [-0.15, -0.1) is 0 Å². The summed E-state index contributed by atoms with van der Waals surface area (Å²) in [7, 11) is 0. The number of ketones is 1. The second kappa shape index (κ2) is 8.66. The largest absolute Gasteiger partial charge is 0.490 e. The smallest absolute Gasteiger partial charge is 0.232 e. The Bertz CT molecular complexity index is 1040. The molecule has 1 atom stereocenters. The van der Waals surface area contributed by atoms with E-state index >= 15 is 0 Å². The molecule has 154 valence electrons. The molecular formula is C24H21Cl2NO3. The van der Waals surface area contributed by atoms with E-state index in [1.54, 1.807) is 29.2 Å². The fourth-order valence-corrected chi connectivity index (χ4v) is 4.66. The number of Topliss-reactive ketones (excluding diaryl/α,β-unsaturated/α-hetero) is 1. The van der Waals surface area contributed by atoms with Crippen LogP contribution >= 0.6 is 23.2 Å². The summed E-state index contributed by atoms with van der Waals surface area (Å²) in [6.07, 6.45) is 3.75. The third kappa shape index (κ3) is 3.90. The van der Waals surface area contributed by atoms with E-state index in [9.17, 15) is 9.59 Å². The molecule has 2 aromatic rings. The Kier molecular flexibility index (Phi) is 5.98. The minimum Gasteiger partial charge on any atom is -0.490 e. The first-order chi connectivity index (χ1) is 14.5. The van der Waals surface area contributed by atoms with Gasteiger partial charge in [0.15, 0.2) is 5.78 Å². The highest BCUT2D eigenvalue weighted by molar-refractivity contribution is 6.37. The minimum atomic E-state index is -0.268. The number of carbonyl (C=O) groups excluding carboxylic acids is 2. The average Bonchev–Trinajstić information content (AvgIpc) is 2.73. The molecule has 6 heteroatoms. The molecule has 1 amide bonds. The molecule has 0 aromatic heterocycles. The lowest BCUT2D eigenvalue weighted by molar-refractivity contribution is -0.119. The van der Waals surface area contributed by atoms with Gasteiger partial charge in [-0.05, 0) is 48.7 Å². The van der Waals surface area contributed by atoms with Crippen LogP contribution in [-0.4, -0.2) is 18.3 Å². The number of hydrogen-bond acceptors (Lipinski definition) is 3. The van der Waals surface area contributed by atoms with Gasteiger partial charge in [-0.25, -0.2) is 0 Å². The standard InChI is InChI=1S/C24H21Cl2NO3/c1-2-12-30-17-9-6-15(7-10-17)18-14-23(29)27(20-11-8-16(25)13-19(20)26)21-4-3-5-22(28)24(18)21/h2,6-11,13,18H,1,3-5,12,14H2. The van der Waals surface area contributed by atoms with Gasteiger partial charge in [0, 0.05) is 35.1 Å². The van der Waals surface area contributed by atoms with E-state index in [-0.39, 0.29) is 24.0 Å². The zero-order valence-electron chi connectivity index (χ0n) is 16.4. The molecule has 0 bridgehead atoms. The second-order valence-corrected chi connectivity index (χ2v) is 8.23. The Hall–Kier alpha value is -2.56. The quantitative estimate of drug-likeness (QED) is 0.527. The number of benzene rings is 2. The lowest BCUT2D eigenvalue weighted by Crippen LogP contribution is -2.40. The van der Waals surface area contributed by atoms with Gasteiger partial charge in [-0.2, -0.15) is 0 Å². The van der Waals surface area contributed by atoms with Crippen LogP contribution in [0.5, 0.6) is 5.75 Å². The number of amides is 1. The summed E-state index contributed by atoms with van der Waals surface area (Å²) in [4.78, 5) is 27.8.